The molecule has 1 atom stereocenters. The van der Waals surface area contributed by atoms with Crippen LogP contribution < -0.4 is 0 Å². The largest absolute Gasteiger partial charge is 0.393 e. The van der Waals surface area contributed by atoms with Crippen molar-refractivity contribution in [2.24, 2.45) is 5.92 Å². The Balaban J connectivity index is 2.48. The van der Waals surface area contributed by atoms with E-state index in [2.05, 4.69) is 32.8 Å². The second kappa shape index (κ2) is 7.57. The second-order valence-electron chi connectivity index (χ2n) is 5.59. The van der Waals surface area contributed by atoms with Gasteiger partial charge in [-0.2, -0.15) is 5.10 Å². The van der Waals surface area contributed by atoms with E-state index in [1.54, 1.807) is 0 Å². The van der Waals surface area contributed by atoms with Crippen LogP contribution in [0.25, 0.3) is 0 Å². The summed E-state index contributed by atoms with van der Waals surface area (Å²) in [6.07, 6.45) is 6.63. The van der Waals surface area contributed by atoms with Crippen molar-refractivity contribution in [1.29, 1.82) is 0 Å². The van der Waals surface area contributed by atoms with Crippen LogP contribution in [0.1, 0.15) is 65.1 Å². The molecule has 1 rings (SSSR count). The Labute approximate surface area is 111 Å². The third-order valence-electron chi connectivity index (χ3n) is 3.50. The smallest absolute Gasteiger partial charge is 0.0650 e. The van der Waals surface area contributed by atoms with E-state index in [1.807, 2.05) is 16.9 Å². The van der Waals surface area contributed by atoms with Gasteiger partial charge in [-0.1, -0.05) is 27.7 Å². The van der Waals surface area contributed by atoms with Gasteiger partial charge < -0.3 is 5.11 Å². The average Bonchev–Trinajstić information content (AvgIpc) is 2.76. The van der Waals surface area contributed by atoms with Crippen molar-refractivity contribution in [2.75, 3.05) is 0 Å². The van der Waals surface area contributed by atoms with Gasteiger partial charge in [0.15, 0.2) is 0 Å². The minimum absolute atomic E-state index is 0.252. The summed E-state index contributed by atoms with van der Waals surface area (Å²) in [6.45, 7) is 8.75. The molecule has 0 aliphatic carbocycles. The number of nitrogens with zero attached hydrogens (tertiary/aromatic N) is 2. The molecule has 1 aromatic rings. The van der Waals surface area contributed by atoms with Gasteiger partial charge in [-0.15, -0.1) is 0 Å². The molecule has 0 aromatic carbocycles. The van der Waals surface area contributed by atoms with Crippen LogP contribution in [0.4, 0.5) is 0 Å². The Morgan fingerprint density at radius 3 is 2.44 bits per heavy atom. The highest BCUT2D eigenvalue weighted by atomic mass is 16.3. The topological polar surface area (TPSA) is 38.0 Å². The van der Waals surface area contributed by atoms with Gasteiger partial charge in [0.05, 0.1) is 17.8 Å². The standard InChI is InChI=1S/C15H28N2O/c1-5-14(6-2)17-10-9-13(16-17)11-15(18)8-7-12(3)4/h9-10,12,14-15,18H,5-8,11H2,1-4H3. The molecule has 0 fully saturated rings. The van der Waals surface area contributed by atoms with Crippen molar-refractivity contribution < 1.29 is 5.11 Å². The van der Waals surface area contributed by atoms with Gasteiger partial charge >= 0.3 is 0 Å². The summed E-state index contributed by atoms with van der Waals surface area (Å²) < 4.78 is 2.05. The van der Waals surface area contributed by atoms with E-state index in [0.29, 0.717) is 18.4 Å². The van der Waals surface area contributed by atoms with Crippen LogP contribution in [0.15, 0.2) is 12.3 Å². The van der Waals surface area contributed by atoms with Crippen LogP contribution in [0, 0.1) is 5.92 Å². The van der Waals surface area contributed by atoms with E-state index in [4.69, 9.17) is 0 Å². The number of aromatic nitrogens is 2. The molecule has 0 spiro atoms. The molecule has 18 heavy (non-hydrogen) atoms. The van der Waals surface area contributed by atoms with Crippen LogP contribution in [-0.4, -0.2) is 21.0 Å². The summed E-state index contributed by atoms with van der Waals surface area (Å²) in [4.78, 5) is 0. The molecular weight excluding hydrogens is 224 g/mol. The third-order valence-corrected chi connectivity index (χ3v) is 3.50. The molecule has 0 radical (unpaired) electrons. The first kappa shape index (κ1) is 15.2. The molecule has 1 unspecified atom stereocenters. The highest BCUT2D eigenvalue weighted by Gasteiger charge is 2.11. The summed E-state index contributed by atoms with van der Waals surface area (Å²) in [6, 6.07) is 2.53. The summed E-state index contributed by atoms with van der Waals surface area (Å²) in [5.74, 6) is 0.654. The summed E-state index contributed by atoms with van der Waals surface area (Å²) in [5, 5.41) is 14.5. The summed E-state index contributed by atoms with van der Waals surface area (Å²) in [5.41, 5.74) is 1.01. The fourth-order valence-electron chi connectivity index (χ4n) is 2.22. The zero-order valence-corrected chi connectivity index (χ0v) is 12.3. The first-order valence-electron chi connectivity index (χ1n) is 7.28. The van der Waals surface area contributed by atoms with Crippen molar-refractivity contribution in [2.45, 2.75) is 71.9 Å². The molecule has 0 saturated heterocycles. The van der Waals surface area contributed by atoms with E-state index < -0.39 is 0 Å². The lowest BCUT2D eigenvalue weighted by Crippen LogP contribution is -2.13. The maximum absolute atomic E-state index is 9.96. The molecule has 3 heteroatoms. The van der Waals surface area contributed by atoms with E-state index in [9.17, 15) is 5.11 Å². The SMILES string of the molecule is CCC(CC)n1ccc(CC(O)CCC(C)C)n1. The number of hydrogen-bond donors (Lipinski definition) is 1. The van der Waals surface area contributed by atoms with Gasteiger partial charge in [0.2, 0.25) is 0 Å². The Morgan fingerprint density at radius 1 is 1.22 bits per heavy atom. The van der Waals surface area contributed by atoms with Gasteiger partial charge in [-0.3, -0.25) is 4.68 Å². The normalized spacial score (nSPS) is 13.5. The maximum Gasteiger partial charge on any atom is 0.0650 e. The molecule has 0 aliphatic rings. The average molecular weight is 252 g/mol. The molecule has 1 aromatic heterocycles. The highest BCUT2D eigenvalue weighted by molar-refractivity contribution is 5.01. The zero-order valence-electron chi connectivity index (χ0n) is 12.3. The highest BCUT2D eigenvalue weighted by Crippen LogP contribution is 2.16. The first-order valence-corrected chi connectivity index (χ1v) is 7.28. The van der Waals surface area contributed by atoms with Crippen molar-refractivity contribution in [1.82, 2.24) is 9.78 Å². The Morgan fingerprint density at radius 2 is 1.89 bits per heavy atom. The fraction of sp³-hybridized carbons (Fsp3) is 0.800. The van der Waals surface area contributed by atoms with Crippen molar-refractivity contribution in [3.05, 3.63) is 18.0 Å². The number of rotatable bonds is 8. The lowest BCUT2D eigenvalue weighted by atomic mass is 10.0. The molecule has 104 valence electrons. The van der Waals surface area contributed by atoms with Crippen molar-refractivity contribution in [3.63, 3.8) is 0 Å². The molecule has 0 amide bonds. The van der Waals surface area contributed by atoms with Crippen LogP contribution in [0.3, 0.4) is 0 Å². The predicted octanol–water partition coefficient (Wildman–Crippen LogP) is 3.58. The second-order valence-corrected chi connectivity index (χ2v) is 5.59. The van der Waals surface area contributed by atoms with Crippen molar-refractivity contribution in [3.8, 4) is 0 Å². The Bertz CT molecular complexity index is 329. The third kappa shape index (κ3) is 4.81. The minimum atomic E-state index is -0.252. The Kier molecular flexibility index (Phi) is 6.41. The molecule has 1 heterocycles. The van der Waals surface area contributed by atoms with E-state index in [0.717, 1.165) is 31.4 Å². The van der Waals surface area contributed by atoms with E-state index >= 15 is 0 Å². The Hall–Kier alpha value is -0.830. The van der Waals surface area contributed by atoms with Crippen molar-refractivity contribution >= 4 is 0 Å². The zero-order chi connectivity index (χ0) is 13.5. The monoisotopic (exact) mass is 252 g/mol. The number of aliphatic hydroxyl groups excluding tert-OH is 1. The molecular formula is C15H28N2O. The summed E-state index contributed by atoms with van der Waals surface area (Å²) in [7, 11) is 0. The first-order chi connectivity index (χ1) is 8.56. The minimum Gasteiger partial charge on any atom is -0.393 e. The lowest BCUT2D eigenvalue weighted by Gasteiger charge is -2.13. The lowest BCUT2D eigenvalue weighted by molar-refractivity contribution is 0.155. The number of hydrogen-bond acceptors (Lipinski definition) is 2. The maximum atomic E-state index is 9.96. The predicted molar refractivity (Wildman–Crippen MR) is 75.6 cm³/mol. The quantitative estimate of drug-likeness (QED) is 0.768. The number of aliphatic hydroxyl groups is 1. The van der Waals surface area contributed by atoms with Gasteiger partial charge in [0.1, 0.15) is 0 Å². The van der Waals surface area contributed by atoms with Gasteiger partial charge in [-0.25, -0.2) is 0 Å². The summed E-state index contributed by atoms with van der Waals surface area (Å²) >= 11 is 0. The molecule has 1 N–H and O–H groups in total. The molecule has 0 bridgehead atoms. The van der Waals surface area contributed by atoms with Crippen LogP contribution in [0.2, 0.25) is 0 Å². The fourth-order valence-corrected chi connectivity index (χ4v) is 2.22. The van der Waals surface area contributed by atoms with Gasteiger partial charge in [0.25, 0.3) is 0 Å². The van der Waals surface area contributed by atoms with E-state index in [1.165, 1.54) is 0 Å². The van der Waals surface area contributed by atoms with Crippen LogP contribution in [-0.2, 0) is 6.42 Å². The molecule has 0 saturated carbocycles. The molecule has 3 nitrogen and oxygen atoms in total. The molecule has 0 aliphatic heterocycles. The van der Waals surface area contributed by atoms with Crippen LogP contribution in [0.5, 0.6) is 0 Å². The van der Waals surface area contributed by atoms with Gasteiger partial charge in [-0.05, 0) is 37.7 Å². The van der Waals surface area contributed by atoms with Gasteiger partial charge in [0, 0.05) is 12.6 Å². The van der Waals surface area contributed by atoms with Crippen LogP contribution >= 0.6 is 0 Å². The van der Waals surface area contributed by atoms with E-state index in [-0.39, 0.29) is 6.10 Å².